The number of hydrogen-bond donors (Lipinski definition) is 1. The number of nitrogens with one attached hydrogen (secondary N) is 1. The van der Waals surface area contributed by atoms with E-state index in [1.807, 2.05) is 13.0 Å². The van der Waals surface area contributed by atoms with Crippen molar-refractivity contribution in [3.8, 4) is 0 Å². The Morgan fingerprint density at radius 1 is 1.37 bits per heavy atom. The van der Waals surface area contributed by atoms with Crippen LogP contribution in [0.4, 0.5) is 4.39 Å². The molecule has 102 valence electrons. The Kier molecular flexibility index (Phi) is 4.77. The molecule has 19 heavy (non-hydrogen) atoms. The Hall–Kier alpha value is -1.13. The maximum absolute atomic E-state index is 14.1. The van der Waals surface area contributed by atoms with Crippen LogP contribution in [0.25, 0.3) is 0 Å². The molecule has 0 radical (unpaired) electrons. The van der Waals surface area contributed by atoms with Gasteiger partial charge in [0.15, 0.2) is 0 Å². The first-order valence-electron chi connectivity index (χ1n) is 6.35. The number of halogens is 2. The Labute approximate surface area is 121 Å². The molecule has 0 aliphatic heterocycles. The standard InChI is InChI=1S/C15H17BrFNO/c1-3-7-18-14(15-10(2)6-8-19-15)12-9-11(16)4-5-13(12)17/h4-6,8-9,14,18H,3,7H2,1-2H3. The molecule has 1 aromatic carbocycles. The van der Waals surface area contributed by atoms with E-state index >= 15 is 0 Å². The molecule has 1 unspecified atom stereocenters. The van der Waals surface area contributed by atoms with E-state index in [0.29, 0.717) is 5.56 Å². The largest absolute Gasteiger partial charge is 0.467 e. The molecule has 1 heterocycles. The van der Waals surface area contributed by atoms with E-state index in [2.05, 4.69) is 28.2 Å². The molecule has 0 spiro atoms. The zero-order valence-corrected chi connectivity index (χ0v) is 12.6. The summed E-state index contributed by atoms with van der Waals surface area (Å²) in [6.07, 6.45) is 2.62. The van der Waals surface area contributed by atoms with Gasteiger partial charge in [0.25, 0.3) is 0 Å². The quantitative estimate of drug-likeness (QED) is 0.870. The Morgan fingerprint density at radius 3 is 2.79 bits per heavy atom. The maximum atomic E-state index is 14.1. The Morgan fingerprint density at radius 2 is 2.16 bits per heavy atom. The van der Waals surface area contributed by atoms with Crippen LogP contribution < -0.4 is 5.32 Å². The van der Waals surface area contributed by atoms with Crippen molar-refractivity contribution in [3.05, 3.63) is 57.7 Å². The normalized spacial score (nSPS) is 12.6. The fourth-order valence-electron chi connectivity index (χ4n) is 2.05. The Bertz CT molecular complexity index is 553. The summed E-state index contributed by atoms with van der Waals surface area (Å²) in [6, 6.07) is 6.60. The molecule has 2 nitrogen and oxygen atoms in total. The zero-order chi connectivity index (χ0) is 13.8. The molecule has 0 saturated heterocycles. The fourth-order valence-corrected chi connectivity index (χ4v) is 2.43. The van der Waals surface area contributed by atoms with Crippen LogP contribution >= 0.6 is 15.9 Å². The van der Waals surface area contributed by atoms with Gasteiger partial charge in [-0.3, -0.25) is 0 Å². The summed E-state index contributed by atoms with van der Waals surface area (Å²) < 4.78 is 20.5. The van der Waals surface area contributed by atoms with Crippen LogP contribution in [0.1, 0.15) is 36.3 Å². The summed E-state index contributed by atoms with van der Waals surface area (Å²) >= 11 is 3.39. The van der Waals surface area contributed by atoms with Crippen molar-refractivity contribution in [3.63, 3.8) is 0 Å². The molecule has 0 aliphatic rings. The summed E-state index contributed by atoms with van der Waals surface area (Å²) in [6.45, 7) is 4.85. The minimum Gasteiger partial charge on any atom is -0.467 e. The van der Waals surface area contributed by atoms with Gasteiger partial charge in [-0.25, -0.2) is 4.39 Å². The van der Waals surface area contributed by atoms with Gasteiger partial charge < -0.3 is 9.73 Å². The number of rotatable bonds is 5. The van der Waals surface area contributed by atoms with Gasteiger partial charge in [0.1, 0.15) is 11.6 Å². The predicted molar refractivity (Wildman–Crippen MR) is 77.7 cm³/mol. The van der Waals surface area contributed by atoms with Crippen LogP contribution in [0, 0.1) is 12.7 Å². The molecular weight excluding hydrogens is 309 g/mol. The van der Waals surface area contributed by atoms with Gasteiger partial charge in [-0.15, -0.1) is 0 Å². The smallest absolute Gasteiger partial charge is 0.128 e. The first-order chi connectivity index (χ1) is 9.13. The molecular formula is C15H17BrFNO. The minimum absolute atomic E-state index is 0.229. The molecule has 0 saturated carbocycles. The first kappa shape index (κ1) is 14.3. The third kappa shape index (κ3) is 3.25. The highest BCUT2D eigenvalue weighted by atomic mass is 79.9. The monoisotopic (exact) mass is 325 g/mol. The SMILES string of the molecule is CCCNC(c1cc(Br)ccc1F)c1occc1C. The van der Waals surface area contributed by atoms with Crippen LogP contribution in [0.2, 0.25) is 0 Å². The lowest BCUT2D eigenvalue weighted by atomic mass is 10.0. The van der Waals surface area contributed by atoms with Crippen molar-refractivity contribution in [2.24, 2.45) is 0 Å². The molecule has 1 aromatic heterocycles. The molecule has 1 atom stereocenters. The number of benzene rings is 1. The second-order valence-corrected chi connectivity index (χ2v) is 5.44. The highest BCUT2D eigenvalue weighted by molar-refractivity contribution is 9.10. The lowest BCUT2D eigenvalue weighted by molar-refractivity contribution is 0.433. The predicted octanol–water partition coefficient (Wildman–Crippen LogP) is 4.58. The number of furan rings is 1. The van der Waals surface area contributed by atoms with Crippen LogP contribution in [-0.4, -0.2) is 6.54 Å². The van der Waals surface area contributed by atoms with Gasteiger partial charge in [0.2, 0.25) is 0 Å². The van der Waals surface area contributed by atoms with Gasteiger partial charge in [0.05, 0.1) is 12.3 Å². The van der Waals surface area contributed by atoms with Crippen LogP contribution in [0.3, 0.4) is 0 Å². The van der Waals surface area contributed by atoms with Crippen molar-refractivity contribution in [1.29, 1.82) is 0 Å². The molecule has 2 aromatic rings. The van der Waals surface area contributed by atoms with Gasteiger partial charge in [-0.2, -0.15) is 0 Å². The van der Waals surface area contributed by atoms with Gasteiger partial charge in [-0.1, -0.05) is 22.9 Å². The highest BCUT2D eigenvalue weighted by Gasteiger charge is 2.22. The molecule has 0 fully saturated rings. The highest BCUT2D eigenvalue weighted by Crippen LogP contribution is 2.29. The van der Waals surface area contributed by atoms with Crippen molar-refractivity contribution >= 4 is 15.9 Å². The lowest BCUT2D eigenvalue weighted by Crippen LogP contribution is -2.24. The van der Waals surface area contributed by atoms with Crippen molar-refractivity contribution in [2.45, 2.75) is 26.3 Å². The Balaban J connectivity index is 2.42. The first-order valence-corrected chi connectivity index (χ1v) is 7.15. The van der Waals surface area contributed by atoms with Gasteiger partial charge >= 0.3 is 0 Å². The zero-order valence-electron chi connectivity index (χ0n) is 11.0. The minimum atomic E-state index is -0.257. The van der Waals surface area contributed by atoms with Gasteiger partial charge in [0, 0.05) is 10.0 Å². The molecule has 0 amide bonds. The fraction of sp³-hybridized carbons (Fsp3) is 0.333. The summed E-state index contributed by atoms with van der Waals surface area (Å²) in [7, 11) is 0. The van der Waals surface area contributed by atoms with E-state index in [-0.39, 0.29) is 11.9 Å². The maximum Gasteiger partial charge on any atom is 0.128 e. The molecule has 2 rings (SSSR count). The molecule has 1 N–H and O–H groups in total. The van der Waals surface area contributed by atoms with Crippen molar-refractivity contribution < 1.29 is 8.81 Å². The van der Waals surface area contributed by atoms with E-state index in [1.165, 1.54) is 6.07 Å². The second kappa shape index (κ2) is 6.35. The average molecular weight is 326 g/mol. The molecule has 0 aliphatic carbocycles. The number of hydrogen-bond acceptors (Lipinski definition) is 2. The summed E-state index contributed by atoms with van der Waals surface area (Å²) in [4.78, 5) is 0. The van der Waals surface area contributed by atoms with Crippen molar-refractivity contribution in [2.75, 3.05) is 6.54 Å². The van der Waals surface area contributed by atoms with Crippen LogP contribution in [0.15, 0.2) is 39.4 Å². The van der Waals surface area contributed by atoms with Crippen molar-refractivity contribution in [1.82, 2.24) is 5.32 Å². The molecule has 0 bridgehead atoms. The topological polar surface area (TPSA) is 25.2 Å². The molecule has 4 heteroatoms. The second-order valence-electron chi connectivity index (χ2n) is 4.52. The van der Waals surface area contributed by atoms with E-state index in [4.69, 9.17) is 4.42 Å². The number of aryl methyl sites for hydroxylation is 1. The van der Waals surface area contributed by atoms with E-state index in [0.717, 1.165) is 28.8 Å². The third-order valence-corrected chi connectivity index (χ3v) is 3.52. The average Bonchev–Trinajstić information content (AvgIpc) is 2.80. The third-order valence-electron chi connectivity index (χ3n) is 3.03. The van der Waals surface area contributed by atoms with Gasteiger partial charge in [-0.05, 0) is 49.7 Å². The van der Waals surface area contributed by atoms with E-state index in [1.54, 1.807) is 18.4 Å². The van der Waals surface area contributed by atoms with Crippen LogP contribution in [-0.2, 0) is 0 Å². The van der Waals surface area contributed by atoms with E-state index < -0.39 is 0 Å². The lowest BCUT2D eigenvalue weighted by Gasteiger charge is -2.18. The summed E-state index contributed by atoms with van der Waals surface area (Å²) in [5.74, 6) is 0.540. The summed E-state index contributed by atoms with van der Waals surface area (Å²) in [5, 5.41) is 3.34. The van der Waals surface area contributed by atoms with E-state index in [9.17, 15) is 4.39 Å². The van der Waals surface area contributed by atoms with Crippen LogP contribution in [0.5, 0.6) is 0 Å². The summed E-state index contributed by atoms with van der Waals surface area (Å²) in [5.41, 5.74) is 1.62.